The number of carbonyl (C=O) groups is 1. The zero-order chi connectivity index (χ0) is 19.1. The van der Waals surface area contributed by atoms with E-state index in [1.165, 1.54) is 18.2 Å². The normalized spacial score (nSPS) is 15.1. The highest BCUT2D eigenvalue weighted by Gasteiger charge is 2.22. The number of nitro groups is 1. The van der Waals surface area contributed by atoms with Gasteiger partial charge < -0.3 is 10.5 Å². The lowest BCUT2D eigenvalue weighted by molar-refractivity contribution is -0.385. The molecule has 0 aliphatic heterocycles. The van der Waals surface area contributed by atoms with Crippen LogP contribution < -0.4 is 5.73 Å². The summed E-state index contributed by atoms with van der Waals surface area (Å²) in [5, 5.41) is 11.0. The van der Waals surface area contributed by atoms with Crippen molar-refractivity contribution in [3.8, 4) is 0 Å². The Morgan fingerprint density at radius 1 is 1.20 bits per heavy atom. The molecule has 0 fully saturated rings. The summed E-state index contributed by atoms with van der Waals surface area (Å²) in [7, 11) is 0. The fourth-order valence-corrected chi connectivity index (χ4v) is 2.13. The highest BCUT2D eigenvalue weighted by Crippen LogP contribution is 2.23. The van der Waals surface area contributed by atoms with E-state index in [1.54, 1.807) is 6.92 Å². The second-order valence-corrected chi connectivity index (χ2v) is 6.89. The number of carbonyl (C=O) groups excluding carboxylic acids is 1. The summed E-state index contributed by atoms with van der Waals surface area (Å²) in [5.74, 6) is 0.265. The zero-order valence-electron chi connectivity index (χ0n) is 15.6. The van der Waals surface area contributed by atoms with Gasteiger partial charge in [-0.05, 0) is 29.9 Å². The summed E-state index contributed by atoms with van der Waals surface area (Å²) in [5.41, 5.74) is 6.24. The van der Waals surface area contributed by atoms with Crippen LogP contribution in [0.15, 0.2) is 30.4 Å². The van der Waals surface area contributed by atoms with Gasteiger partial charge in [-0.1, -0.05) is 46.8 Å². The Labute approximate surface area is 149 Å². The molecule has 1 aromatic carbocycles. The van der Waals surface area contributed by atoms with E-state index in [0.29, 0.717) is 23.1 Å². The number of hydrogen-bond donors (Lipinski definition) is 1. The third-order valence-electron chi connectivity index (χ3n) is 4.60. The average Bonchev–Trinajstić information content (AvgIpc) is 2.55. The first kappa shape index (κ1) is 20.7. The van der Waals surface area contributed by atoms with E-state index in [1.807, 2.05) is 13.0 Å². The zero-order valence-corrected chi connectivity index (χ0v) is 15.6. The van der Waals surface area contributed by atoms with Crippen molar-refractivity contribution >= 4 is 17.3 Å². The fraction of sp³-hybridized carbons (Fsp3) is 0.526. The summed E-state index contributed by atoms with van der Waals surface area (Å²) in [6.45, 7) is 10.0. The van der Waals surface area contributed by atoms with Crippen LogP contribution in [0.5, 0.6) is 0 Å². The molecule has 0 bridgehead atoms. The summed E-state index contributed by atoms with van der Waals surface area (Å²) in [4.78, 5) is 22.8. The fourth-order valence-electron chi connectivity index (χ4n) is 2.13. The van der Waals surface area contributed by atoms with Crippen LogP contribution in [0.25, 0.3) is 0 Å². The molecule has 1 rings (SSSR count). The Morgan fingerprint density at radius 3 is 2.36 bits per heavy atom. The Kier molecular flexibility index (Phi) is 7.61. The lowest BCUT2D eigenvalue weighted by atomic mass is 9.91. The van der Waals surface area contributed by atoms with Gasteiger partial charge >= 0.3 is 5.97 Å². The first-order chi connectivity index (χ1) is 11.6. The molecule has 0 amide bonds. The van der Waals surface area contributed by atoms with Crippen LogP contribution in [0, 0.1) is 33.8 Å². The van der Waals surface area contributed by atoms with Crippen LogP contribution in [0.1, 0.15) is 40.2 Å². The van der Waals surface area contributed by atoms with Crippen molar-refractivity contribution in [1.29, 1.82) is 0 Å². The Morgan fingerprint density at radius 2 is 1.80 bits per heavy atom. The molecule has 0 aliphatic rings. The van der Waals surface area contributed by atoms with Crippen LogP contribution in [-0.2, 0) is 16.1 Å². The maximum atomic E-state index is 12.2. The van der Waals surface area contributed by atoms with Crippen molar-refractivity contribution in [3.63, 3.8) is 0 Å². The molecule has 6 heteroatoms. The minimum absolute atomic E-state index is 0.0181. The van der Waals surface area contributed by atoms with Crippen molar-refractivity contribution in [1.82, 2.24) is 0 Å². The molecule has 2 N–H and O–H groups in total. The molecule has 138 valence electrons. The molecule has 0 saturated carbocycles. The van der Waals surface area contributed by atoms with Crippen LogP contribution in [0.2, 0.25) is 0 Å². The number of nitrogen functional groups attached to an aromatic ring is 1. The third kappa shape index (κ3) is 6.21. The molecule has 1 aromatic rings. The van der Waals surface area contributed by atoms with Crippen molar-refractivity contribution in [2.24, 2.45) is 23.7 Å². The van der Waals surface area contributed by atoms with Crippen LogP contribution in [0.3, 0.4) is 0 Å². The molecular formula is C19H28N2O4. The highest BCUT2D eigenvalue weighted by molar-refractivity contribution is 5.72. The summed E-state index contributed by atoms with van der Waals surface area (Å²) < 4.78 is 5.28. The number of anilines is 1. The maximum absolute atomic E-state index is 12.2. The van der Waals surface area contributed by atoms with Gasteiger partial charge in [0.15, 0.2) is 0 Å². The molecule has 0 aliphatic carbocycles. The molecular weight excluding hydrogens is 320 g/mol. The lowest BCUT2D eigenvalue weighted by Crippen LogP contribution is -2.20. The van der Waals surface area contributed by atoms with Crippen LogP contribution in [0.4, 0.5) is 11.4 Å². The van der Waals surface area contributed by atoms with Gasteiger partial charge in [0.25, 0.3) is 5.69 Å². The van der Waals surface area contributed by atoms with Gasteiger partial charge in [-0.25, -0.2) is 0 Å². The van der Waals surface area contributed by atoms with E-state index in [-0.39, 0.29) is 30.1 Å². The quantitative estimate of drug-likeness (QED) is 0.248. The van der Waals surface area contributed by atoms with Crippen molar-refractivity contribution in [2.45, 2.75) is 41.2 Å². The van der Waals surface area contributed by atoms with Gasteiger partial charge in [0.1, 0.15) is 6.61 Å². The number of allylic oxidation sites excluding steroid dienone is 2. The molecule has 6 nitrogen and oxygen atoms in total. The van der Waals surface area contributed by atoms with E-state index < -0.39 is 4.92 Å². The second kappa shape index (κ2) is 9.20. The number of hydrogen-bond acceptors (Lipinski definition) is 5. The van der Waals surface area contributed by atoms with E-state index in [9.17, 15) is 14.9 Å². The van der Waals surface area contributed by atoms with Gasteiger partial charge in [0, 0.05) is 11.8 Å². The van der Waals surface area contributed by atoms with Gasteiger partial charge in [-0.2, -0.15) is 0 Å². The highest BCUT2D eigenvalue weighted by atomic mass is 16.6. The number of nitrogens with zero attached hydrogens (tertiary/aromatic N) is 1. The molecule has 0 heterocycles. The van der Waals surface area contributed by atoms with Crippen molar-refractivity contribution in [3.05, 3.63) is 46.0 Å². The Bertz CT molecular complexity index is 640. The SMILES string of the molecule is CC(C)C(C)/C=C\C(C)C(C)C(=O)OCc1cc(N)ccc1[N+](=O)[O-]. The summed E-state index contributed by atoms with van der Waals surface area (Å²) in [6, 6.07) is 4.24. The molecule has 0 radical (unpaired) electrons. The van der Waals surface area contributed by atoms with Crippen molar-refractivity contribution < 1.29 is 14.5 Å². The molecule has 0 saturated heterocycles. The molecule has 3 atom stereocenters. The standard InChI is InChI=1S/C19H28N2O4/c1-12(2)13(3)6-7-14(4)15(5)19(22)25-11-16-10-17(20)8-9-18(16)21(23)24/h6-10,12-15H,11,20H2,1-5H3/b7-6-. The van der Waals surface area contributed by atoms with Crippen molar-refractivity contribution in [2.75, 3.05) is 5.73 Å². The second-order valence-electron chi connectivity index (χ2n) is 6.89. The van der Waals surface area contributed by atoms with Crippen LogP contribution >= 0.6 is 0 Å². The topological polar surface area (TPSA) is 95.5 Å². The molecule has 0 spiro atoms. The van der Waals surface area contributed by atoms with Gasteiger partial charge in [0.05, 0.1) is 16.4 Å². The minimum Gasteiger partial charge on any atom is -0.460 e. The first-order valence-electron chi connectivity index (χ1n) is 8.51. The van der Waals surface area contributed by atoms with E-state index in [0.717, 1.165) is 0 Å². The van der Waals surface area contributed by atoms with E-state index in [4.69, 9.17) is 10.5 Å². The largest absolute Gasteiger partial charge is 0.460 e. The maximum Gasteiger partial charge on any atom is 0.309 e. The predicted octanol–water partition coefficient (Wildman–Crippen LogP) is 4.34. The Balaban J connectivity index is 2.70. The van der Waals surface area contributed by atoms with Crippen LogP contribution in [-0.4, -0.2) is 10.9 Å². The average molecular weight is 348 g/mol. The molecule has 0 aromatic heterocycles. The number of esters is 1. The molecule has 3 unspecified atom stereocenters. The summed E-state index contributed by atoms with van der Waals surface area (Å²) in [6.07, 6.45) is 4.14. The number of nitro benzene ring substituents is 1. The number of ether oxygens (including phenoxy) is 1. The van der Waals surface area contributed by atoms with Gasteiger partial charge in [-0.3, -0.25) is 14.9 Å². The van der Waals surface area contributed by atoms with Gasteiger partial charge in [-0.15, -0.1) is 0 Å². The predicted molar refractivity (Wildman–Crippen MR) is 98.8 cm³/mol. The van der Waals surface area contributed by atoms with Gasteiger partial charge in [0.2, 0.25) is 0 Å². The molecule has 25 heavy (non-hydrogen) atoms. The Hall–Kier alpha value is -2.37. The number of rotatable bonds is 8. The third-order valence-corrected chi connectivity index (χ3v) is 4.60. The summed E-state index contributed by atoms with van der Waals surface area (Å²) >= 11 is 0. The first-order valence-corrected chi connectivity index (χ1v) is 8.51. The van der Waals surface area contributed by atoms with E-state index in [2.05, 4.69) is 26.8 Å². The smallest absolute Gasteiger partial charge is 0.309 e. The number of benzene rings is 1. The van der Waals surface area contributed by atoms with E-state index >= 15 is 0 Å². The lowest BCUT2D eigenvalue weighted by Gasteiger charge is -2.17. The monoisotopic (exact) mass is 348 g/mol. The number of nitrogens with two attached hydrogens (primary N) is 1. The minimum atomic E-state index is -0.509.